The summed E-state index contributed by atoms with van der Waals surface area (Å²) >= 11 is 9.06. The molecule has 0 spiro atoms. The summed E-state index contributed by atoms with van der Waals surface area (Å²) in [4.78, 5) is 47.4. The first-order chi connectivity index (χ1) is 17.3. The normalized spacial score (nSPS) is 32.0. The van der Waals surface area contributed by atoms with Gasteiger partial charge in [0.1, 0.15) is 0 Å². The molecule has 2 amide bonds. The van der Waals surface area contributed by atoms with E-state index in [-0.39, 0.29) is 57.4 Å². The summed E-state index contributed by atoms with van der Waals surface area (Å²) in [7, 11) is 4.03. The molecule has 36 heavy (non-hydrogen) atoms. The molecule has 0 radical (unpaired) electrons. The summed E-state index contributed by atoms with van der Waals surface area (Å²) in [6, 6.07) is 15.5. The topological polar surface area (TPSA) is 73.5 Å². The van der Waals surface area contributed by atoms with E-state index in [0.717, 1.165) is 22.0 Å². The molecule has 2 aliphatic heterocycles. The van der Waals surface area contributed by atoms with Crippen LogP contribution >= 0.6 is 34.7 Å². The number of aromatic amines is 1. The quantitative estimate of drug-likeness (QED) is 0.484. The fourth-order valence-corrected chi connectivity index (χ4v) is 10.2. The molecule has 9 heteroatoms. The number of imide groups is 1. The van der Waals surface area contributed by atoms with Gasteiger partial charge in [0, 0.05) is 40.9 Å². The lowest BCUT2D eigenvalue weighted by Gasteiger charge is -2.43. The highest BCUT2D eigenvalue weighted by Gasteiger charge is 2.69. The molecular formula is C27H24ClN3O3S2. The van der Waals surface area contributed by atoms with Crippen molar-refractivity contribution >= 4 is 57.9 Å². The minimum atomic E-state index is -0.305. The highest BCUT2D eigenvalue weighted by atomic mass is 35.5. The molecule has 7 rings (SSSR count). The molecule has 2 bridgehead atoms. The molecule has 3 fully saturated rings. The van der Waals surface area contributed by atoms with Gasteiger partial charge < -0.3 is 9.88 Å². The van der Waals surface area contributed by atoms with E-state index in [2.05, 4.69) is 34.1 Å². The summed E-state index contributed by atoms with van der Waals surface area (Å²) in [5.41, 5.74) is 2.88. The van der Waals surface area contributed by atoms with Crippen LogP contribution in [0.3, 0.4) is 0 Å². The number of carbonyl (C=O) groups excluding carboxylic acids is 2. The number of H-pyrrole nitrogens is 1. The van der Waals surface area contributed by atoms with Crippen molar-refractivity contribution in [3.05, 3.63) is 73.7 Å². The van der Waals surface area contributed by atoms with Crippen LogP contribution in [0.4, 0.5) is 11.4 Å². The average Bonchev–Trinajstić information content (AvgIpc) is 3.59. The lowest BCUT2D eigenvalue weighted by atomic mass is 9.68. The van der Waals surface area contributed by atoms with Crippen LogP contribution in [0.1, 0.15) is 22.8 Å². The van der Waals surface area contributed by atoms with Crippen LogP contribution in [0.25, 0.3) is 0 Å². The standard InChI is InChI=1S/C27H24ClN3O3S2/c1-30(2)14-7-3-12(4-8-14)18-19-16-11-17(22(19)35-24-23(18)36-27(34)29-24)21-20(16)25(32)31(26(21)33)15-9-5-13(28)6-10-15/h3-10,16-22H,11H2,1-2H3,(H,29,34)/t16-,17+,18+,19+,20+,21+,22-/m0/s1. The maximum Gasteiger partial charge on any atom is 0.305 e. The van der Waals surface area contributed by atoms with Crippen LogP contribution in [-0.4, -0.2) is 36.1 Å². The van der Waals surface area contributed by atoms with Crippen molar-refractivity contribution in [2.24, 2.45) is 29.6 Å². The number of carbonyl (C=O) groups is 2. The molecule has 6 nitrogen and oxygen atoms in total. The lowest BCUT2D eigenvalue weighted by molar-refractivity contribution is -0.123. The molecule has 0 unspecified atom stereocenters. The molecule has 4 aliphatic rings. The Hall–Kier alpha value is -2.55. The van der Waals surface area contributed by atoms with E-state index in [1.165, 1.54) is 21.8 Å². The molecule has 184 valence electrons. The molecule has 1 saturated heterocycles. The van der Waals surface area contributed by atoms with Gasteiger partial charge in [0.25, 0.3) is 0 Å². The summed E-state index contributed by atoms with van der Waals surface area (Å²) in [6.45, 7) is 0. The van der Waals surface area contributed by atoms with Gasteiger partial charge in [-0.15, -0.1) is 11.8 Å². The van der Waals surface area contributed by atoms with Crippen molar-refractivity contribution in [3.63, 3.8) is 0 Å². The third kappa shape index (κ3) is 3.07. The van der Waals surface area contributed by atoms with E-state index >= 15 is 0 Å². The Bertz CT molecular complexity index is 1450. The zero-order valence-corrected chi connectivity index (χ0v) is 22.1. The monoisotopic (exact) mass is 537 g/mol. The maximum atomic E-state index is 13.8. The molecule has 3 aromatic rings. The van der Waals surface area contributed by atoms with Crippen molar-refractivity contribution in [3.8, 4) is 0 Å². The van der Waals surface area contributed by atoms with E-state index in [9.17, 15) is 14.4 Å². The summed E-state index contributed by atoms with van der Waals surface area (Å²) in [5.74, 6) is -0.314. The SMILES string of the molecule is CN(C)c1ccc([C@H]2c3sc(=O)[nH]c3S[C@H]3[C@@H]4C[C@H]([C@H]5C(=O)N(c6ccc(Cl)cc6)C(=O)[C@H]45)[C@H]23)cc1. The number of halogens is 1. The molecule has 2 saturated carbocycles. The van der Waals surface area contributed by atoms with E-state index < -0.39 is 0 Å². The zero-order valence-electron chi connectivity index (χ0n) is 19.7. The highest BCUT2D eigenvalue weighted by molar-refractivity contribution is 8.00. The zero-order chi connectivity index (χ0) is 24.9. The molecular weight excluding hydrogens is 514 g/mol. The Balaban J connectivity index is 1.31. The van der Waals surface area contributed by atoms with Crippen molar-refractivity contribution in [1.29, 1.82) is 0 Å². The number of fused-ring (bicyclic) bond motifs is 9. The molecule has 2 aromatic carbocycles. The van der Waals surface area contributed by atoms with Gasteiger partial charge in [-0.05, 0) is 66.1 Å². The Morgan fingerprint density at radius 1 is 0.944 bits per heavy atom. The third-order valence-corrected chi connectivity index (χ3v) is 11.4. The largest absolute Gasteiger partial charge is 0.378 e. The number of aromatic nitrogens is 1. The number of nitrogens with zero attached hydrogens (tertiary/aromatic N) is 2. The number of thiazole rings is 1. The Labute approximate surface area is 221 Å². The van der Waals surface area contributed by atoms with Crippen molar-refractivity contribution in [1.82, 2.24) is 4.98 Å². The number of hydrogen-bond donors (Lipinski definition) is 1. The first-order valence-electron chi connectivity index (χ1n) is 12.1. The number of anilines is 2. The van der Waals surface area contributed by atoms with E-state index in [1.54, 1.807) is 36.0 Å². The van der Waals surface area contributed by atoms with Crippen LogP contribution in [0.15, 0.2) is 58.4 Å². The highest BCUT2D eigenvalue weighted by Crippen LogP contribution is 2.68. The summed E-state index contributed by atoms with van der Waals surface area (Å²) in [6.07, 6.45) is 0.884. The second-order valence-electron chi connectivity index (χ2n) is 10.4. The van der Waals surface area contributed by atoms with Crippen molar-refractivity contribution in [2.45, 2.75) is 22.6 Å². The van der Waals surface area contributed by atoms with Gasteiger partial charge in [-0.3, -0.25) is 19.3 Å². The molecule has 1 N–H and O–H groups in total. The van der Waals surface area contributed by atoms with Gasteiger partial charge in [0.05, 0.1) is 22.5 Å². The van der Waals surface area contributed by atoms with Crippen LogP contribution in [-0.2, 0) is 9.59 Å². The smallest absolute Gasteiger partial charge is 0.305 e. The second-order valence-corrected chi connectivity index (χ2v) is 13.1. The minimum Gasteiger partial charge on any atom is -0.378 e. The van der Waals surface area contributed by atoms with Crippen LogP contribution in [0.2, 0.25) is 5.02 Å². The fourth-order valence-electron chi connectivity index (χ4n) is 7.21. The number of thioether (sulfide) groups is 1. The van der Waals surface area contributed by atoms with Gasteiger partial charge >= 0.3 is 4.87 Å². The molecule has 7 atom stereocenters. The van der Waals surface area contributed by atoms with Gasteiger partial charge in [-0.2, -0.15) is 0 Å². The Kier molecular flexibility index (Phi) is 5.01. The fraction of sp³-hybridized carbons (Fsp3) is 0.370. The van der Waals surface area contributed by atoms with Gasteiger partial charge in [0.15, 0.2) is 0 Å². The molecule has 2 aliphatic carbocycles. The summed E-state index contributed by atoms with van der Waals surface area (Å²) in [5, 5.41) is 1.70. The lowest BCUT2D eigenvalue weighted by Crippen LogP contribution is -2.42. The number of rotatable bonds is 3. The Morgan fingerprint density at radius 2 is 1.61 bits per heavy atom. The van der Waals surface area contributed by atoms with Crippen LogP contribution in [0, 0.1) is 29.6 Å². The molecule has 3 heterocycles. The van der Waals surface area contributed by atoms with Gasteiger partial charge in [-0.25, -0.2) is 0 Å². The van der Waals surface area contributed by atoms with E-state index in [1.807, 2.05) is 14.1 Å². The van der Waals surface area contributed by atoms with Crippen molar-refractivity contribution < 1.29 is 9.59 Å². The van der Waals surface area contributed by atoms with Gasteiger partial charge in [0.2, 0.25) is 11.8 Å². The number of hydrogen-bond acceptors (Lipinski definition) is 6. The third-order valence-electron chi connectivity index (χ3n) is 8.58. The predicted octanol–water partition coefficient (Wildman–Crippen LogP) is 4.83. The molecule has 1 aromatic heterocycles. The first kappa shape index (κ1) is 22.6. The Morgan fingerprint density at radius 3 is 2.28 bits per heavy atom. The minimum absolute atomic E-state index is 0.0369. The number of benzene rings is 2. The van der Waals surface area contributed by atoms with E-state index in [4.69, 9.17) is 11.6 Å². The van der Waals surface area contributed by atoms with Gasteiger partial charge in [-0.1, -0.05) is 35.1 Å². The summed E-state index contributed by atoms with van der Waals surface area (Å²) < 4.78 is 0. The average molecular weight is 538 g/mol. The van der Waals surface area contributed by atoms with Crippen LogP contribution in [0.5, 0.6) is 0 Å². The second kappa shape index (κ2) is 7.97. The number of amides is 2. The van der Waals surface area contributed by atoms with E-state index in [0.29, 0.717) is 10.7 Å². The predicted molar refractivity (Wildman–Crippen MR) is 143 cm³/mol. The first-order valence-corrected chi connectivity index (χ1v) is 14.2. The van der Waals surface area contributed by atoms with Crippen molar-refractivity contribution in [2.75, 3.05) is 23.9 Å². The van der Waals surface area contributed by atoms with Crippen LogP contribution < -0.4 is 14.7 Å². The maximum absolute atomic E-state index is 13.8. The number of nitrogens with one attached hydrogen (secondary N) is 1.